The van der Waals surface area contributed by atoms with Crippen LogP contribution in [0.2, 0.25) is 0 Å². The molecule has 30 heavy (non-hydrogen) atoms. The van der Waals surface area contributed by atoms with Crippen LogP contribution in [0.4, 0.5) is 0 Å². The van der Waals surface area contributed by atoms with Crippen LogP contribution in [0.15, 0.2) is 45.6 Å². The summed E-state index contributed by atoms with van der Waals surface area (Å²) >= 11 is 0. The molecule has 0 radical (unpaired) electrons. The summed E-state index contributed by atoms with van der Waals surface area (Å²) in [6.45, 7) is 5.33. The van der Waals surface area contributed by atoms with Gasteiger partial charge in [0.1, 0.15) is 17.1 Å². The molecule has 0 saturated carbocycles. The summed E-state index contributed by atoms with van der Waals surface area (Å²) in [5.74, 6) is 1.49. The van der Waals surface area contributed by atoms with Gasteiger partial charge < -0.3 is 23.4 Å². The Hall–Kier alpha value is -3.48. The average molecular weight is 412 g/mol. The maximum atomic E-state index is 13.2. The molecule has 0 amide bonds. The van der Waals surface area contributed by atoms with Gasteiger partial charge in [-0.2, -0.15) is 0 Å². The molecule has 3 aromatic rings. The first-order valence-electron chi connectivity index (χ1n) is 9.52. The molecule has 3 rings (SSSR count). The largest absolute Gasteiger partial charge is 0.493 e. The lowest BCUT2D eigenvalue weighted by atomic mass is 10.0. The van der Waals surface area contributed by atoms with Gasteiger partial charge in [0, 0.05) is 6.07 Å². The molecule has 7 heteroatoms. The fraction of sp³-hybridized carbons (Fsp3) is 0.304. The molecule has 158 valence electrons. The van der Waals surface area contributed by atoms with Crippen molar-refractivity contribution in [1.29, 1.82) is 0 Å². The van der Waals surface area contributed by atoms with Crippen molar-refractivity contribution in [3.05, 3.63) is 52.4 Å². The molecule has 0 unspecified atom stereocenters. The van der Waals surface area contributed by atoms with Crippen LogP contribution in [0.5, 0.6) is 17.2 Å². The summed E-state index contributed by atoms with van der Waals surface area (Å²) < 4.78 is 27.1. The maximum absolute atomic E-state index is 13.2. The van der Waals surface area contributed by atoms with Crippen molar-refractivity contribution in [1.82, 2.24) is 0 Å². The monoisotopic (exact) mass is 412 g/mol. The SMILES string of the molecule is CCOC(=O)[C@@H](C)Oc1ccc2c(=O)c(-c3ccc(OC)c(OC)c3)c(C)oc2c1. The number of rotatable bonds is 7. The highest BCUT2D eigenvalue weighted by Gasteiger charge is 2.19. The first-order chi connectivity index (χ1) is 14.4. The molecule has 0 aliphatic heterocycles. The van der Waals surface area contributed by atoms with Crippen LogP contribution in [0.25, 0.3) is 22.1 Å². The summed E-state index contributed by atoms with van der Waals surface area (Å²) in [4.78, 5) is 25.0. The molecule has 1 heterocycles. The topological polar surface area (TPSA) is 84.2 Å². The fourth-order valence-electron chi connectivity index (χ4n) is 3.20. The van der Waals surface area contributed by atoms with Gasteiger partial charge in [-0.3, -0.25) is 4.79 Å². The summed E-state index contributed by atoms with van der Waals surface area (Å²) in [6.07, 6.45) is -0.777. The van der Waals surface area contributed by atoms with Gasteiger partial charge in [0.2, 0.25) is 5.43 Å². The average Bonchev–Trinajstić information content (AvgIpc) is 2.73. The first kappa shape index (κ1) is 21.2. The molecule has 0 aliphatic carbocycles. The number of benzene rings is 2. The molecule has 0 N–H and O–H groups in total. The van der Waals surface area contributed by atoms with Gasteiger partial charge in [0.15, 0.2) is 17.6 Å². The van der Waals surface area contributed by atoms with Crippen LogP contribution in [-0.2, 0) is 9.53 Å². The Labute approximate surface area is 174 Å². The Morgan fingerprint density at radius 2 is 1.80 bits per heavy atom. The Morgan fingerprint density at radius 1 is 1.07 bits per heavy atom. The number of carbonyl (C=O) groups is 1. The highest BCUT2D eigenvalue weighted by molar-refractivity contribution is 5.84. The predicted octanol–water partition coefficient (Wildman–Crippen LogP) is 4.12. The number of ether oxygens (including phenoxy) is 4. The van der Waals surface area contributed by atoms with Crippen molar-refractivity contribution in [2.24, 2.45) is 0 Å². The lowest BCUT2D eigenvalue weighted by Gasteiger charge is -2.14. The van der Waals surface area contributed by atoms with Crippen molar-refractivity contribution >= 4 is 16.9 Å². The third-order valence-electron chi connectivity index (χ3n) is 4.64. The zero-order valence-electron chi connectivity index (χ0n) is 17.6. The number of esters is 1. The van der Waals surface area contributed by atoms with E-state index in [1.807, 2.05) is 0 Å². The van der Waals surface area contributed by atoms with E-state index >= 15 is 0 Å². The van der Waals surface area contributed by atoms with Gasteiger partial charge in [-0.25, -0.2) is 4.79 Å². The van der Waals surface area contributed by atoms with Crippen molar-refractivity contribution in [3.63, 3.8) is 0 Å². The Kier molecular flexibility index (Phi) is 6.30. The molecule has 0 aliphatic rings. The van der Waals surface area contributed by atoms with E-state index < -0.39 is 12.1 Å². The number of methoxy groups -OCH3 is 2. The minimum atomic E-state index is -0.777. The van der Waals surface area contributed by atoms with Crippen molar-refractivity contribution in [2.75, 3.05) is 20.8 Å². The molecule has 0 fully saturated rings. The molecule has 0 spiro atoms. The summed E-state index contributed by atoms with van der Waals surface area (Å²) in [7, 11) is 3.09. The summed E-state index contributed by atoms with van der Waals surface area (Å²) in [5.41, 5.74) is 1.30. The van der Waals surface area contributed by atoms with Crippen molar-refractivity contribution < 1.29 is 28.2 Å². The van der Waals surface area contributed by atoms with Crippen molar-refractivity contribution in [3.8, 4) is 28.4 Å². The standard InChI is InChI=1S/C23H24O7/c1-6-28-23(25)14(3)29-16-8-9-17-19(12-16)30-13(2)21(22(17)24)15-7-10-18(26-4)20(11-15)27-5/h7-12,14H,6H2,1-5H3/t14-/m1/s1. The highest BCUT2D eigenvalue weighted by atomic mass is 16.6. The lowest BCUT2D eigenvalue weighted by molar-refractivity contribution is -0.150. The van der Waals surface area contributed by atoms with E-state index in [0.29, 0.717) is 45.1 Å². The van der Waals surface area contributed by atoms with Crippen LogP contribution in [0.3, 0.4) is 0 Å². The quantitative estimate of drug-likeness (QED) is 0.540. The third kappa shape index (κ3) is 4.10. The zero-order chi connectivity index (χ0) is 21.8. The second-order valence-corrected chi connectivity index (χ2v) is 6.60. The van der Waals surface area contributed by atoms with Gasteiger partial charge in [-0.1, -0.05) is 6.07 Å². The Morgan fingerprint density at radius 3 is 2.47 bits per heavy atom. The van der Waals surface area contributed by atoms with E-state index in [1.54, 1.807) is 64.3 Å². The highest BCUT2D eigenvalue weighted by Crippen LogP contribution is 2.33. The predicted molar refractivity (Wildman–Crippen MR) is 112 cm³/mol. The van der Waals surface area contributed by atoms with Crippen LogP contribution >= 0.6 is 0 Å². The molecular weight excluding hydrogens is 388 g/mol. The van der Waals surface area contributed by atoms with E-state index in [2.05, 4.69) is 0 Å². The van der Waals surface area contributed by atoms with E-state index in [1.165, 1.54) is 7.11 Å². The molecule has 7 nitrogen and oxygen atoms in total. The number of hydrogen-bond donors (Lipinski definition) is 0. The molecule has 0 bridgehead atoms. The van der Waals surface area contributed by atoms with Crippen LogP contribution in [0.1, 0.15) is 19.6 Å². The number of aryl methyl sites for hydroxylation is 1. The molecule has 1 atom stereocenters. The van der Waals surface area contributed by atoms with Gasteiger partial charge in [0.25, 0.3) is 0 Å². The van der Waals surface area contributed by atoms with E-state index in [-0.39, 0.29) is 12.0 Å². The Balaban J connectivity index is 2.02. The smallest absolute Gasteiger partial charge is 0.347 e. The van der Waals surface area contributed by atoms with Crippen LogP contribution in [0, 0.1) is 6.92 Å². The number of hydrogen-bond acceptors (Lipinski definition) is 7. The first-order valence-corrected chi connectivity index (χ1v) is 9.52. The zero-order valence-corrected chi connectivity index (χ0v) is 17.6. The second-order valence-electron chi connectivity index (χ2n) is 6.60. The van der Waals surface area contributed by atoms with Gasteiger partial charge in [-0.15, -0.1) is 0 Å². The van der Waals surface area contributed by atoms with E-state index in [9.17, 15) is 9.59 Å². The normalized spacial score (nSPS) is 11.8. The summed E-state index contributed by atoms with van der Waals surface area (Å²) in [6, 6.07) is 10.1. The molecular formula is C23H24O7. The molecule has 1 aromatic heterocycles. The van der Waals surface area contributed by atoms with Crippen LogP contribution in [-0.4, -0.2) is 32.9 Å². The maximum Gasteiger partial charge on any atom is 0.347 e. The summed E-state index contributed by atoms with van der Waals surface area (Å²) in [5, 5.41) is 0.404. The van der Waals surface area contributed by atoms with Crippen LogP contribution < -0.4 is 19.6 Å². The van der Waals surface area contributed by atoms with E-state index in [4.69, 9.17) is 23.4 Å². The van der Waals surface area contributed by atoms with Gasteiger partial charge in [-0.05, 0) is 50.6 Å². The van der Waals surface area contributed by atoms with Crippen molar-refractivity contribution in [2.45, 2.75) is 26.9 Å². The minimum Gasteiger partial charge on any atom is -0.493 e. The second kappa shape index (κ2) is 8.90. The minimum absolute atomic E-state index is 0.175. The fourth-order valence-corrected chi connectivity index (χ4v) is 3.20. The Bertz CT molecular complexity index is 1130. The molecule has 2 aromatic carbocycles. The van der Waals surface area contributed by atoms with E-state index in [0.717, 1.165) is 0 Å². The number of carbonyl (C=O) groups excluding carboxylic acids is 1. The number of fused-ring (bicyclic) bond motifs is 1. The molecule has 0 saturated heterocycles. The lowest BCUT2D eigenvalue weighted by Crippen LogP contribution is -2.26. The van der Waals surface area contributed by atoms with Gasteiger partial charge >= 0.3 is 5.97 Å². The van der Waals surface area contributed by atoms with Gasteiger partial charge in [0.05, 0.1) is 31.8 Å². The third-order valence-corrected chi connectivity index (χ3v) is 4.64.